The van der Waals surface area contributed by atoms with Crippen molar-refractivity contribution in [3.05, 3.63) is 42.2 Å². The maximum atomic E-state index is 12.4. The molecule has 0 spiro atoms. The fourth-order valence-electron chi connectivity index (χ4n) is 4.24. The lowest BCUT2D eigenvalue weighted by atomic mass is 10.1. The summed E-state index contributed by atoms with van der Waals surface area (Å²) in [5.41, 5.74) is 2.70. The van der Waals surface area contributed by atoms with Crippen LogP contribution in [0.25, 0.3) is 11.1 Å². The predicted molar refractivity (Wildman–Crippen MR) is 103 cm³/mol. The minimum atomic E-state index is -0.0838. The van der Waals surface area contributed by atoms with E-state index in [4.69, 9.17) is 0 Å². The molecule has 4 rings (SSSR count). The molecule has 0 radical (unpaired) electrons. The zero-order valence-corrected chi connectivity index (χ0v) is 15.7. The molecule has 1 saturated heterocycles. The number of benzene rings is 1. The van der Waals surface area contributed by atoms with Gasteiger partial charge in [0.1, 0.15) is 0 Å². The highest BCUT2D eigenvalue weighted by Gasteiger charge is 2.35. The molecule has 0 bridgehead atoms. The molecule has 1 aliphatic heterocycles. The molecule has 2 amide bonds. The maximum absolute atomic E-state index is 12.4. The number of rotatable bonds is 5. The minimum Gasteiger partial charge on any atom is -0.352 e. The average Bonchev–Trinajstić information content (AvgIpc) is 3.41. The third-order valence-electron chi connectivity index (χ3n) is 5.74. The molecule has 27 heavy (non-hydrogen) atoms. The minimum absolute atomic E-state index is 0.0838. The summed E-state index contributed by atoms with van der Waals surface area (Å²) in [6.45, 7) is 1.34. The highest BCUT2D eigenvalue weighted by atomic mass is 16.2. The number of hydrogen-bond acceptors (Lipinski definition) is 3. The summed E-state index contributed by atoms with van der Waals surface area (Å²) in [5, 5.41) is 7.17. The van der Waals surface area contributed by atoms with Crippen molar-refractivity contribution in [2.24, 2.45) is 13.0 Å². The molecular formula is C21H26N4O2. The molecule has 6 heteroatoms. The van der Waals surface area contributed by atoms with Crippen molar-refractivity contribution < 1.29 is 9.59 Å². The molecule has 2 aromatic rings. The summed E-state index contributed by atoms with van der Waals surface area (Å²) < 4.78 is 1.76. The summed E-state index contributed by atoms with van der Waals surface area (Å²) in [4.78, 5) is 26.8. The van der Waals surface area contributed by atoms with Crippen molar-refractivity contribution in [3.63, 3.8) is 0 Å². The highest BCUT2D eigenvalue weighted by Crippen LogP contribution is 2.29. The van der Waals surface area contributed by atoms with Gasteiger partial charge < -0.3 is 10.2 Å². The van der Waals surface area contributed by atoms with Crippen LogP contribution in [0.4, 0.5) is 0 Å². The third kappa shape index (κ3) is 3.89. The number of aryl methyl sites for hydroxylation is 1. The second kappa shape index (κ2) is 7.55. The molecular weight excluding hydrogens is 340 g/mol. The van der Waals surface area contributed by atoms with Crippen molar-refractivity contribution in [3.8, 4) is 11.1 Å². The van der Waals surface area contributed by atoms with E-state index in [-0.39, 0.29) is 17.7 Å². The Morgan fingerprint density at radius 2 is 1.93 bits per heavy atom. The SMILES string of the molecule is Cn1cc(-c2ccc(C(=O)NC[C@H]3CC(=O)N(C4CCCC4)C3)cc2)cn1. The van der Waals surface area contributed by atoms with Gasteiger partial charge in [-0.1, -0.05) is 25.0 Å². The lowest BCUT2D eigenvalue weighted by Gasteiger charge is -2.24. The summed E-state index contributed by atoms with van der Waals surface area (Å²) in [6, 6.07) is 7.97. The third-order valence-corrected chi connectivity index (χ3v) is 5.74. The van der Waals surface area contributed by atoms with Crippen molar-refractivity contribution >= 4 is 11.8 Å². The van der Waals surface area contributed by atoms with Crippen LogP contribution in [0, 0.1) is 5.92 Å². The first-order valence-electron chi connectivity index (χ1n) is 9.77. The molecule has 2 fully saturated rings. The van der Waals surface area contributed by atoms with E-state index >= 15 is 0 Å². The first kappa shape index (κ1) is 17.8. The number of carbonyl (C=O) groups is 2. The summed E-state index contributed by atoms with van der Waals surface area (Å²) >= 11 is 0. The Hall–Kier alpha value is -2.63. The monoisotopic (exact) mass is 366 g/mol. The molecule has 0 unspecified atom stereocenters. The second-order valence-electron chi connectivity index (χ2n) is 7.74. The van der Waals surface area contributed by atoms with E-state index in [0.717, 1.165) is 30.5 Å². The van der Waals surface area contributed by atoms with Crippen LogP contribution in [0.15, 0.2) is 36.7 Å². The van der Waals surface area contributed by atoms with Crippen molar-refractivity contribution in [1.82, 2.24) is 20.0 Å². The van der Waals surface area contributed by atoms with Crippen LogP contribution in [0.1, 0.15) is 42.5 Å². The van der Waals surface area contributed by atoms with Gasteiger partial charge in [-0.05, 0) is 30.5 Å². The average molecular weight is 366 g/mol. The van der Waals surface area contributed by atoms with E-state index in [1.165, 1.54) is 12.8 Å². The molecule has 1 aliphatic carbocycles. The van der Waals surface area contributed by atoms with Crippen LogP contribution in [-0.2, 0) is 11.8 Å². The Bertz CT molecular complexity index is 821. The van der Waals surface area contributed by atoms with Gasteiger partial charge in [0.15, 0.2) is 0 Å². The predicted octanol–water partition coefficient (Wildman–Crippen LogP) is 2.61. The first-order valence-corrected chi connectivity index (χ1v) is 9.77. The maximum Gasteiger partial charge on any atom is 0.251 e. The van der Waals surface area contributed by atoms with Crippen LogP contribution in [0.3, 0.4) is 0 Å². The Balaban J connectivity index is 1.31. The van der Waals surface area contributed by atoms with Crippen LogP contribution in [0.2, 0.25) is 0 Å². The Kier molecular flexibility index (Phi) is 4.97. The van der Waals surface area contributed by atoms with E-state index in [1.54, 1.807) is 4.68 Å². The van der Waals surface area contributed by atoms with Gasteiger partial charge in [0, 0.05) is 55.8 Å². The molecule has 1 atom stereocenters. The summed E-state index contributed by atoms with van der Waals surface area (Å²) in [5.74, 6) is 0.387. The van der Waals surface area contributed by atoms with E-state index in [9.17, 15) is 9.59 Å². The zero-order chi connectivity index (χ0) is 18.8. The molecule has 1 aromatic carbocycles. The topological polar surface area (TPSA) is 67.2 Å². The van der Waals surface area contributed by atoms with Gasteiger partial charge in [0.2, 0.25) is 5.91 Å². The van der Waals surface area contributed by atoms with Crippen LogP contribution < -0.4 is 5.32 Å². The fourth-order valence-corrected chi connectivity index (χ4v) is 4.24. The number of aromatic nitrogens is 2. The Labute approximate surface area is 159 Å². The van der Waals surface area contributed by atoms with E-state index < -0.39 is 0 Å². The number of amides is 2. The van der Waals surface area contributed by atoms with Gasteiger partial charge in [-0.3, -0.25) is 14.3 Å². The molecule has 1 saturated carbocycles. The lowest BCUT2D eigenvalue weighted by Crippen LogP contribution is -2.36. The van der Waals surface area contributed by atoms with Gasteiger partial charge in [-0.2, -0.15) is 5.10 Å². The molecule has 6 nitrogen and oxygen atoms in total. The van der Waals surface area contributed by atoms with Gasteiger partial charge >= 0.3 is 0 Å². The molecule has 142 valence electrons. The zero-order valence-electron chi connectivity index (χ0n) is 15.7. The molecule has 1 aromatic heterocycles. The smallest absolute Gasteiger partial charge is 0.251 e. The number of hydrogen-bond donors (Lipinski definition) is 1. The fraction of sp³-hybridized carbons (Fsp3) is 0.476. The number of nitrogens with one attached hydrogen (secondary N) is 1. The van der Waals surface area contributed by atoms with Gasteiger partial charge in [0.25, 0.3) is 5.91 Å². The van der Waals surface area contributed by atoms with Crippen molar-refractivity contribution in [2.45, 2.75) is 38.1 Å². The van der Waals surface area contributed by atoms with Gasteiger partial charge in [0.05, 0.1) is 6.20 Å². The lowest BCUT2D eigenvalue weighted by molar-refractivity contribution is -0.129. The number of likely N-dealkylation sites (tertiary alicyclic amines) is 1. The van der Waals surface area contributed by atoms with Crippen molar-refractivity contribution in [2.75, 3.05) is 13.1 Å². The van der Waals surface area contributed by atoms with E-state index in [1.807, 2.05) is 48.6 Å². The Morgan fingerprint density at radius 3 is 2.59 bits per heavy atom. The molecule has 2 heterocycles. The number of nitrogens with zero attached hydrogens (tertiary/aromatic N) is 3. The first-order chi connectivity index (χ1) is 13.1. The van der Waals surface area contributed by atoms with Gasteiger partial charge in [-0.15, -0.1) is 0 Å². The Morgan fingerprint density at radius 1 is 1.19 bits per heavy atom. The summed E-state index contributed by atoms with van der Waals surface area (Å²) in [6.07, 6.45) is 9.03. The van der Waals surface area contributed by atoms with E-state index in [2.05, 4.69) is 10.4 Å². The van der Waals surface area contributed by atoms with Crippen LogP contribution in [-0.4, -0.2) is 45.6 Å². The standard InChI is InChI=1S/C21H26N4O2/c1-24-14-18(12-23-24)16-6-8-17(9-7-16)21(27)22-11-15-10-20(26)25(13-15)19-4-2-3-5-19/h6-9,12,14-15,19H,2-5,10-11,13H2,1H3,(H,22,27)/t15-/m1/s1. The van der Waals surface area contributed by atoms with Crippen LogP contribution in [0.5, 0.6) is 0 Å². The van der Waals surface area contributed by atoms with Gasteiger partial charge in [-0.25, -0.2) is 0 Å². The largest absolute Gasteiger partial charge is 0.352 e. The normalized spacial score (nSPS) is 20.4. The van der Waals surface area contributed by atoms with Crippen LogP contribution >= 0.6 is 0 Å². The van der Waals surface area contributed by atoms with Crippen molar-refractivity contribution in [1.29, 1.82) is 0 Å². The number of carbonyl (C=O) groups excluding carboxylic acids is 2. The van der Waals surface area contributed by atoms with E-state index in [0.29, 0.717) is 24.6 Å². The molecule has 1 N–H and O–H groups in total. The summed E-state index contributed by atoms with van der Waals surface area (Å²) in [7, 11) is 1.88. The quantitative estimate of drug-likeness (QED) is 0.884. The highest BCUT2D eigenvalue weighted by molar-refractivity contribution is 5.94. The molecule has 2 aliphatic rings. The second-order valence-corrected chi connectivity index (χ2v) is 7.74.